The molecule has 0 saturated carbocycles. The molecule has 2 aromatic rings. The van der Waals surface area contributed by atoms with Crippen LogP contribution in [0.25, 0.3) is 0 Å². The first-order chi connectivity index (χ1) is 14.4. The highest BCUT2D eigenvalue weighted by Crippen LogP contribution is 2.29. The van der Waals surface area contributed by atoms with Gasteiger partial charge in [-0.2, -0.15) is 13.2 Å². The fourth-order valence-corrected chi connectivity index (χ4v) is 3.87. The molecule has 1 fully saturated rings. The summed E-state index contributed by atoms with van der Waals surface area (Å²) in [5, 5.41) is 11.4. The van der Waals surface area contributed by atoms with Crippen LogP contribution in [0.4, 0.5) is 13.2 Å². The van der Waals surface area contributed by atoms with Crippen LogP contribution in [0.1, 0.15) is 29.2 Å². The van der Waals surface area contributed by atoms with Crippen LogP contribution in [0.5, 0.6) is 0 Å². The summed E-state index contributed by atoms with van der Waals surface area (Å²) in [6.07, 6.45) is -2.96. The third kappa shape index (κ3) is 4.81. The molecule has 1 saturated heterocycles. The maximum absolute atomic E-state index is 13.0. The van der Waals surface area contributed by atoms with Crippen LogP contribution in [0.2, 0.25) is 0 Å². The molecule has 162 valence electrons. The first kappa shape index (κ1) is 20.8. The monoisotopic (exact) mass is 423 g/mol. The van der Waals surface area contributed by atoms with Crippen LogP contribution in [0, 0.1) is 5.92 Å². The summed E-state index contributed by atoms with van der Waals surface area (Å²) in [4.78, 5) is 14.3. The van der Waals surface area contributed by atoms with Crippen molar-refractivity contribution in [1.82, 2.24) is 25.0 Å². The summed E-state index contributed by atoms with van der Waals surface area (Å²) in [7, 11) is 0. The molecule has 1 atom stereocenters. The number of carbonyl (C=O) groups excluding carboxylic acids is 1. The molecule has 1 N–H and O–H groups in total. The smallest absolute Gasteiger partial charge is 0.381 e. The Bertz CT molecular complexity index is 893. The Morgan fingerprint density at radius 1 is 1.23 bits per heavy atom. The molecule has 1 aromatic carbocycles. The van der Waals surface area contributed by atoms with Crippen molar-refractivity contribution in [1.29, 1.82) is 0 Å². The summed E-state index contributed by atoms with van der Waals surface area (Å²) in [6.45, 7) is 3.78. The molecule has 30 heavy (non-hydrogen) atoms. The van der Waals surface area contributed by atoms with Crippen LogP contribution >= 0.6 is 0 Å². The van der Waals surface area contributed by atoms with E-state index in [0.29, 0.717) is 63.7 Å². The van der Waals surface area contributed by atoms with E-state index in [1.54, 1.807) is 6.07 Å². The first-order valence-electron chi connectivity index (χ1n) is 10.0. The Labute approximate surface area is 172 Å². The van der Waals surface area contributed by atoms with Crippen molar-refractivity contribution in [3.63, 3.8) is 0 Å². The van der Waals surface area contributed by atoms with E-state index in [2.05, 4.69) is 20.4 Å². The van der Waals surface area contributed by atoms with Gasteiger partial charge in [-0.05, 0) is 18.1 Å². The maximum Gasteiger partial charge on any atom is 0.416 e. The average molecular weight is 423 g/mol. The summed E-state index contributed by atoms with van der Waals surface area (Å²) < 4.78 is 46.1. The molecular formula is C20H24F3N5O2. The summed E-state index contributed by atoms with van der Waals surface area (Å²) in [5.74, 6) is 1.37. The highest BCUT2D eigenvalue weighted by Gasteiger charge is 2.30. The Morgan fingerprint density at radius 2 is 2.10 bits per heavy atom. The van der Waals surface area contributed by atoms with E-state index in [9.17, 15) is 18.0 Å². The normalized spacial score (nSPS) is 20.0. The minimum Gasteiger partial charge on any atom is -0.381 e. The molecule has 0 bridgehead atoms. The van der Waals surface area contributed by atoms with Gasteiger partial charge in [-0.15, -0.1) is 10.2 Å². The predicted octanol–water partition coefficient (Wildman–Crippen LogP) is 2.01. The van der Waals surface area contributed by atoms with Gasteiger partial charge in [-0.25, -0.2) is 0 Å². The molecule has 0 unspecified atom stereocenters. The van der Waals surface area contributed by atoms with Crippen molar-refractivity contribution >= 4 is 5.91 Å². The number of hydrogen-bond donors (Lipinski definition) is 1. The number of halogens is 3. The maximum atomic E-state index is 13.0. The molecule has 2 aliphatic rings. The van der Waals surface area contributed by atoms with Crippen LogP contribution in [0.3, 0.4) is 0 Å². The van der Waals surface area contributed by atoms with Crippen LogP contribution in [-0.4, -0.2) is 51.9 Å². The van der Waals surface area contributed by atoms with Crippen LogP contribution in [-0.2, 0) is 41.8 Å². The van der Waals surface area contributed by atoms with Crippen LogP contribution < -0.4 is 5.32 Å². The summed E-state index contributed by atoms with van der Waals surface area (Å²) >= 11 is 0. The van der Waals surface area contributed by atoms with Gasteiger partial charge in [0, 0.05) is 39.2 Å². The minimum absolute atomic E-state index is 0.0374. The molecule has 3 heterocycles. The number of rotatable bonds is 5. The number of fused-ring (bicyclic) bond motifs is 1. The molecule has 1 aromatic heterocycles. The fraction of sp³-hybridized carbons (Fsp3) is 0.550. The number of ether oxygens (including phenoxy) is 1. The van der Waals surface area contributed by atoms with E-state index in [-0.39, 0.29) is 11.8 Å². The molecule has 4 rings (SSSR count). The van der Waals surface area contributed by atoms with Gasteiger partial charge in [0.1, 0.15) is 5.82 Å². The highest BCUT2D eigenvalue weighted by atomic mass is 19.4. The Morgan fingerprint density at radius 3 is 2.87 bits per heavy atom. The third-order valence-electron chi connectivity index (χ3n) is 5.58. The van der Waals surface area contributed by atoms with E-state index in [0.717, 1.165) is 18.3 Å². The molecule has 2 aliphatic heterocycles. The molecular weight excluding hydrogens is 399 g/mol. The number of benzene rings is 1. The van der Waals surface area contributed by atoms with Gasteiger partial charge in [0.05, 0.1) is 24.6 Å². The van der Waals surface area contributed by atoms with E-state index in [1.807, 2.05) is 4.57 Å². The van der Waals surface area contributed by atoms with Crippen molar-refractivity contribution in [3.05, 3.63) is 47.0 Å². The number of carbonyl (C=O) groups is 1. The van der Waals surface area contributed by atoms with Gasteiger partial charge in [-0.1, -0.05) is 18.2 Å². The average Bonchev–Trinajstić information content (AvgIpc) is 3.34. The largest absolute Gasteiger partial charge is 0.416 e. The third-order valence-corrected chi connectivity index (χ3v) is 5.58. The zero-order chi connectivity index (χ0) is 21.1. The number of hydrogen-bond acceptors (Lipinski definition) is 5. The minimum atomic E-state index is -4.34. The molecule has 1 amide bonds. The lowest BCUT2D eigenvalue weighted by molar-refractivity contribution is -0.137. The zero-order valence-corrected chi connectivity index (χ0v) is 16.5. The van der Waals surface area contributed by atoms with Gasteiger partial charge in [0.25, 0.3) is 0 Å². The lowest BCUT2D eigenvalue weighted by Crippen LogP contribution is -2.32. The van der Waals surface area contributed by atoms with Crippen molar-refractivity contribution in [2.45, 2.75) is 38.7 Å². The molecule has 0 aliphatic carbocycles. The standard InChI is InChI=1S/C20H24F3N5O2/c21-20(22,23)16-3-1-2-14(10-16)12-27-6-4-17-25-26-18(28(17)8-7-27)11-24-19(29)15-5-9-30-13-15/h1-3,10,15H,4-9,11-13H2,(H,24,29)/t15-/m1/s1. The van der Waals surface area contributed by atoms with E-state index >= 15 is 0 Å². The predicted molar refractivity (Wildman–Crippen MR) is 101 cm³/mol. The van der Waals surface area contributed by atoms with Crippen molar-refractivity contribution in [2.24, 2.45) is 5.92 Å². The number of nitrogens with one attached hydrogen (secondary N) is 1. The number of alkyl halides is 3. The Balaban J connectivity index is 1.35. The Kier molecular flexibility index (Phi) is 6.05. The number of aromatic nitrogens is 3. The fourth-order valence-electron chi connectivity index (χ4n) is 3.87. The highest BCUT2D eigenvalue weighted by molar-refractivity contribution is 5.78. The quantitative estimate of drug-likeness (QED) is 0.797. The van der Waals surface area contributed by atoms with E-state index in [1.165, 1.54) is 12.1 Å². The van der Waals surface area contributed by atoms with Gasteiger partial charge >= 0.3 is 6.18 Å². The van der Waals surface area contributed by atoms with Gasteiger partial charge in [0.15, 0.2) is 5.82 Å². The summed E-state index contributed by atoms with van der Waals surface area (Å²) in [6, 6.07) is 5.46. The second kappa shape index (κ2) is 8.73. The lowest BCUT2D eigenvalue weighted by Gasteiger charge is -2.20. The van der Waals surface area contributed by atoms with Crippen molar-refractivity contribution in [3.8, 4) is 0 Å². The molecule has 10 heteroatoms. The summed E-state index contributed by atoms with van der Waals surface area (Å²) in [5.41, 5.74) is 0.00593. The second-order valence-electron chi connectivity index (χ2n) is 7.69. The van der Waals surface area contributed by atoms with E-state index in [4.69, 9.17) is 4.74 Å². The number of nitrogens with zero attached hydrogens (tertiary/aromatic N) is 4. The van der Waals surface area contributed by atoms with Gasteiger partial charge < -0.3 is 14.6 Å². The molecule has 0 spiro atoms. The molecule has 0 radical (unpaired) electrons. The SMILES string of the molecule is O=C(NCc1nnc2n1CCN(Cc1cccc(C(F)(F)F)c1)CC2)[C@@H]1CCOC1. The lowest BCUT2D eigenvalue weighted by atomic mass is 10.1. The topological polar surface area (TPSA) is 72.3 Å². The van der Waals surface area contributed by atoms with E-state index < -0.39 is 11.7 Å². The van der Waals surface area contributed by atoms with Gasteiger partial charge in [-0.3, -0.25) is 9.69 Å². The second-order valence-corrected chi connectivity index (χ2v) is 7.69. The van der Waals surface area contributed by atoms with Crippen molar-refractivity contribution < 1.29 is 22.7 Å². The molecule has 7 nitrogen and oxygen atoms in total. The van der Waals surface area contributed by atoms with Crippen molar-refractivity contribution in [2.75, 3.05) is 26.3 Å². The Hall–Kier alpha value is -2.46. The van der Waals surface area contributed by atoms with Crippen LogP contribution in [0.15, 0.2) is 24.3 Å². The van der Waals surface area contributed by atoms with Gasteiger partial charge in [0.2, 0.25) is 5.91 Å². The number of amides is 1. The first-order valence-corrected chi connectivity index (χ1v) is 10.0. The zero-order valence-electron chi connectivity index (χ0n) is 16.5.